The first kappa shape index (κ1) is 12.6. The minimum atomic E-state index is -0.162. The van der Waals surface area contributed by atoms with Crippen molar-refractivity contribution in [1.82, 2.24) is 0 Å². The highest BCUT2D eigenvalue weighted by atomic mass is 19.1. The summed E-state index contributed by atoms with van der Waals surface area (Å²) < 4.78 is 13.0. The number of halogens is 1. The van der Waals surface area contributed by atoms with Gasteiger partial charge in [0.1, 0.15) is 5.82 Å². The van der Waals surface area contributed by atoms with Crippen LogP contribution in [0.1, 0.15) is 44.1 Å². The molecule has 2 rings (SSSR count). The van der Waals surface area contributed by atoms with Gasteiger partial charge in [0.25, 0.3) is 0 Å². The van der Waals surface area contributed by atoms with E-state index in [1.807, 2.05) is 6.07 Å². The topological polar surface area (TPSA) is 26.0 Å². The molecular weight excluding hydrogens is 213 g/mol. The normalized spacial score (nSPS) is 18.5. The molecule has 0 aromatic heterocycles. The molecule has 1 saturated carbocycles. The molecule has 1 unspecified atom stereocenters. The molecule has 2 heteroatoms. The monoisotopic (exact) mass is 235 g/mol. The summed E-state index contributed by atoms with van der Waals surface area (Å²) in [6.07, 6.45) is 8.66. The Kier molecular flexibility index (Phi) is 4.55. The zero-order valence-corrected chi connectivity index (χ0v) is 10.4. The van der Waals surface area contributed by atoms with Gasteiger partial charge >= 0.3 is 0 Å². The number of hydrogen-bond donors (Lipinski definition) is 1. The van der Waals surface area contributed by atoms with E-state index < -0.39 is 0 Å². The lowest BCUT2D eigenvalue weighted by Crippen LogP contribution is -2.23. The highest BCUT2D eigenvalue weighted by Gasteiger charge is 2.16. The van der Waals surface area contributed by atoms with E-state index in [1.54, 1.807) is 12.1 Å². The second kappa shape index (κ2) is 6.15. The first-order valence-corrected chi connectivity index (χ1v) is 6.74. The fourth-order valence-corrected chi connectivity index (χ4v) is 2.82. The Balaban J connectivity index is 1.74. The Hall–Kier alpha value is -0.890. The van der Waals surface area contributed by atoms with Crippen LogP contribution in [-0.4, -0.2) is 6.04 Å². The van der Waals surface area contributed by atoms with Crippen molar-refractivity contribution in [2.75, 3.05) is 0 Å². The summed E-state index contributed by atoms with van der Waals surface area (Å²) in [5.41, 5.74) is 7.13. The number of rotatable bonds is 5. The number of nitrogens with two attached hydrogens (primary N) is 1. The van der Waals surface area contributed by atoms with E-state index in [0.29, 0.717) is 0 Å². The fraction of sp³-hybridized carbons (Fsp3) is 0.600. The highest BCUT2D eigenvalue weighted by Crippen LogP contribution is 2.29. The molecule has 1 aliphatic rings. The molecule has 1 nitrogen and oxygen atoms in total. The lowest BCUT2D eigenvalue weighted by Gasteiger charge is -2.14. The minimum absolute atomic E-state index is 0.162. The van der Waals surface area contributed by atoms with Crippen LogP contribution in [0.15, 0.2) is 24.3 Å². The molecule has 94 valence electrons. The van der Waals surface area contributed by atoms with E-state index in [-0.39, 0.29) is 11.9 Å². The van der Waals surface area contributed by atoms with Gasteiger partial charge in [-0.2, -0.15) is 0 Å². The van der Waals surface area contributed by atoms with Crippen LogP contribution in [-0.2, 0) is 6.42 Å². The molecular formula is C15H22FN. The summed E-state index contributed by atoms with van der Waals surface area (Å²) >= 11 is 0. The molecule has 0 amide bonds. The molecule has 1 aromatic carbocycles. The van der Waals surface area contributed by atoms with Gasteiger partial charge in [0.05, 0.1) is 0 Å². The molecule has 1 aliphatic carbocycles. The van der Waals surface area contributed by atoms with Gasteiger partial charge in [0, 0.05) is 6.04 Å². The van der Waals surface area contributed by atoms with E-state index >= 15 is 0 Å². The van der Waals surface area contributed by atoms with E-state index in [0.717, 1.165) is 24.3 Å². The predicted octanol–water partition coefficient (Wildman–Crippen LogP) is 3.67. The SMILES string of the molecule is NC(CCC1CCCC1)Cc1cccc(F)c1. The average molecular weight is 235 g/mol. The Labute approximate surface area is 103 Å². The number of hydrogen-bond acceptors (Lipinski definition) is 1. The van der Waals surface area contributed by atoms with Gasteiger partial charge < -0.3 is 5.73 Å². The third-order valence-electron chi connectivity index (χ3n) is 3.81. The van der Waals surface area contributed by atoms with Crippen molar-refractivity contribution < 1.29 is 4.39 Å². The van der Waals surface area contributed by atoms with Gasteiger partial charge in [-0.1, -0.05) is 37.8 Å². The van der Waals surface area contributed by atoms with Crippen LogP contribution in [0.25, 0.3) is 0 Å². The van der Waals surface area contributed by atoms with E-state index in [9.17, 15) is 4.39 Å². The van der Waals surface area contributed by atoms with Crippen molar-refractivity contribution in [3.05, 3.63) is 35.6 Å². The molecule has 0 radical (unpaired) electrons. The maximum atomic E-state index is 13.0. The molecule has 1 atom stereocenters. The van der Waals surface area contributed by atoms with Crippen molar-refractivity contribution >= 4 is 0 Å². The standard InChI is InChI=1S/C15H22FN/c16-14-7-3-6-13(10-14)11-15(17)9-8-12-4-1-2-5-12/h3,6-7,10,12,15H,1-2,4-5,8-9,11,17H2. The number of benzene rings is 1. The van der Waals surface area contributed by atoms with Crippen LogP contribution >= 0.6 is 0 Å². The van der Waals surface area contributed by atoms with Gasteiger partial charge in [0.2, 0.25) is 0 Å². The third-order valence-corrected chi connectivity index (χ3v) is 3.81. The van der Waals surface area contributed by atoms with Crippen LogP contribution in [0.5, 0.6) is 0 Å². The summed E-state index contributed by atoms with van der Waals surface area (Å²) in [6, 6.07) is 6.97. The molecule has 17 heavy (non-hydrogen) atoms. The van der Waals surface area contributed by atoms with Crippen LogP contribution in [0.3, 0.4) is 0 Å². The first-order chi connectivity index (χ1) is 8.24. The van der Waals surface area contributed by atoms with E-state index in [4.69, 9.17) is 5.73 Å². The Morgan fingerprint density at radius 2 is 2.06 bits per heavy atom. The van der Waals surface area contributed by atoms with Crippen molar-refractivity contribution in [3.8, 4) is 0 Å². The molecule has 0 saturated heterocycles. The maximum Gasteiger partial charge on any atom is 0.123 e. The minimum Gasteiger partial charge on any atom is -0.327 e. The van der Waals surface area contributed by atoms with Gasteiger partial charge in [0.15, 0.2) is 0 Å². The summed E-state index contributed by atoms with van der Waals surface area (Å²) in [5, 5.41) is 0. The van der Waals surface area contributed by atoms with Crippen LogP contribution in [0.4, 0.5) is 4.39 Å². The summed E-state index contributed by atoms with van der Waals surface area (Å²) in [7, 11) is 0. The Bertz CT molecular complexity index is 345. The van der Waals surface area contributed by atoms with Crippen LogP contribution in [0.2, 0.25) is 0 Å². The maximum absolute atomic E-state index is 13.0. The molecule has 0 heterocycles. The molecule has 0 bridgehead atoms. The third kappa shape index (κ3) is 4.12. The predicted molar refractivity (Wildman–Crippen MR) is 69.3 cm³/mol. The molecule has 1 aromatic rings. The quantitative estimate of drug-likeness (QED) is 0.828. The second-order valence-corrected chi connectivity index (χ2v) is 5.32. The van der Waals surface area contributed by atoms with Crippen molar-refractivity contribution in [1.29, 1.82) is 0 Å². The fourth-order valence-electron chi connectivity index (χ4n) is 2.82. The van der Waals surface area contributed by atoms with Crippen molar-refractivity contribution in [2.24, 2.45) is 11.7 Å². The molecule has 0 spiro atoms. The van der Waals surface area contributed by atoms with Crippen molar-refractivity contribution in [3.63, 3.8) is 0 Å². The Morgan fingerprint density at radius 1 is 1.29 bits per heavy atom. The zero-order valence-electron chi connectivity index (χ0n) is 10.4. The van der Waals surface area contributed by atoms with Gasteiger partial charge in [-0.3, -0.25) is 0 Å². The second-order valence-electron chi connectivity index (χ2n) is 5.32. The summed E-state index contributed by atoms with van der Waals surface area (Å²) in [5.74, 6) is 0.735. The molecule has 0 aliphatic heterocycles. The lowest BCUT2D eigenvalue weighted by molar-refractivity contribution is 0.447. The zero-order chi connectivity index (χ0) is 12.1. The highest BCUT2D eigenvalue weighted by molar-refractivity contribution is 5.17. The Morgan fingerprint density at radius 3 is 2.76 bits per heavy atom. The molecule has 2 N–H and O–H groups in total. The van der Waals surface area contributed by atoms with Gasteiger partial charge in [-0.05, 0) is 42.9 Å². The van der Waals surface area contributed by atoms with Crippen molar-refractivity contribution in [2.45, 2.75) is 51.0 Å². The lowest BCUT2D eigenvalue weighted by atomic mass is 9.95. The van der Waals surface area contributed by atoms with Gasteiger partial charge in [-0.25, -0.2) is 4.39 Å². The van der Waals surface area contributed by atoms with E-state index in [2.05, 4.69) is 0 Å². The first-order valence-electron chi connectivity index (χ1n) is 6.74. The summed E-state index contributed by atoms with van der Waals surface area (Å²) in [6.45, 7) is 0. The largest absolute Gasteiger partial charge is 0.327 e. The smallest absolute Gasteiger partial charge is 0.123 e. The average Bonchev–Trinajstić information content (AvgIpc) is 2.79. The van der Waals surface area contributed by atoms with E-state index in [1.165, 1.54) is 38.2 Å². The van der Waals surface area contributed by atoms with Crippen LogP contribution < -0.4 is 5.73 Å². The van der Waals surface area contributed by atoms with Crippen LogP contribution in [0, 0.1) is 11.7 Å². The summed E-state index contributed by atoms with van der Waals surface area (Å²) in [4.78, 5) is 0. The molecule has 1 fully saturated rings. The van der Waals surface area contributed by atoms with Gasteiger partial charge in [-0.15, -0.1) is 0 Å².